The maximum absolute atomic E-state index is 13.1. The first kappa shape index (κ1) is 24.1. The zero-order valence-corrected chi connectivity index (χ0v) is 17.6. The van der Waals surface area contributed by atoms with Gasteiger partial charge in [0.15, 0.2) is 9.84 Å². The van der Waals surface area contributed by atoms with E-state index in [1.165, 1.54) is 26.0 Å². The second-order valence-corrected chi connectivity index (χ2v) is 10.4. The number of anilines is 1. The van der Waals surface area contributed by atoms with Gasteiger partial charge in [0, 0.05) is 12.2 Å². The molecule has 0 bridgehead atoms. The quantitative estimate of drug-likeness (QED) is 0.593. The Morgan fingerprint density at radius 2 is 1.72 bits per heavy atom. The van der Waals surface area contributed by atoms with E-state index < -0.39 is 38.7 Å². The maximum atomic E-state index is 13.1. The fourth-order valence-electron chi connectivity index (χ4n) is 3.45. The van der Waals surface area contributed by atoms with Gasteiger partial charge in [-0.3, -0.25) is 0 Å². The number of hydrogen-bond donors (Lipinski definition) is 1. The lowest BCUT2D eigenvalue weighted by atomic mass is 9.73. The Kier molecular flexibility index (Phi) is 6.09. The molecule has 0 atom stereocenters. The van der Waals surface area contributed by atoms with E-state index in [1.807, 2.05) is 0 Å². The summed E-state index contributed by atoms with van der Waals surface area (Å²) in [5.41, 5.74) is 0. The third kappa shape index (κ3) is 5.08. The molecule has 0 radical (unpaired) electrons. The van der Waals surface area contributed by atoms with Crippen molar-refractivity contribution in [2.75, 3.05) is 5.32 Å². The highest BCUT2D eigenvalue weighted by Gasteiger charge is 2.49. The summed E-state index contributed by atoms with van der Waals surface area (Å²) in [6, 6.07) is 5.12. The molecule has 1 saturated carbocycles. The zero-order valence-electron chi connectivity index (χ0n) is 16.8. The van der Waals surface area contributed by atoms with E-state index in [0.717, 1.165) is 24.4 Å². The monoisotopic (exact) mass is 483 g/mol. The number of alkyl halides is 6. The number of benzene rings is 1. The number of sulfone groups is 1. The summed E-state index contributed by atoms with van der Waals surface area (Å²) in [5, 5.41) is 2.83. The normalized spacial score (nSPS) is 19.9. The van der Waals surface area contributed by atoms with E-state index in [4.69, 9.17) is 0 Å². The highest BCUT2D eigenvalue weighted by molar-refractivity contribution is 7.92. The van der Waals surface area contributed by atoms with Gasteiger partial charge < -0.3 is 10.1 Å². The first-order valence-electron chi connectivity index (χ1n) is 9.37. The Labute approximate surface area is 179 Å². The van der Waals surface area contributed by atoms with Gasteiger partial charge in [-0.05, 0) is 56.9 Å². The van der Waals surface area contributed by atoms with E-state index in [9.17, 15) is 34.8 Å². The molecule has 1 aliphatic carbocycles. The van der Waals surface area contributed by atoms with Crippen LogP contribution in [0.15, 0.2) is 41.4 Å². The third-order valence-electron chi connectivity index (χ3n) is 5.42. The molecule has 0 aliphatic heterocycles. The van der Waals surface area contributed by atoms with Crippen LogP contribution in [-0.4, -0.2) is 35.5 Å². The van der Waals surface area contributed by atoms with Gasteiger partial charge in [-0.15, -0.1) is 13.2 Å². The van der Waals surface area contributed by atoms with Crippen molar-refractivity contribution in [1.29, 1.82) is 0 Å². The molecule has 1 fully saturated rings. The molecule has 1 aromatic heterocycles. The van der Waals surface area contributed by atoms with Gasteiger partial charge in [0.1, 0.15) is 11.6 Å². The van der Waals surface area contributed by atoms with E-state index >= 15 is 0 Å². The van der Waals surface area contributed by atoms with Crippen molar-refractivity contribution in [1.82, 2.24) is 9.97 Å². The van der Waals surface area contributed by atoms with Crippen LogP contribution >= 0.6 is 0 Å². The average Bonchev–Trinajstić information content (AvgIpc) is 2.62. The van der Waals surface area contributed by atoms with Crippen LogP contribution in [0.1, 0.15) is 32.5 Å². The smallest absolute Gasteiger partial charge is 0.406 e. The fraction of sp³-hybridized carbons (Fsp3) is 0.474. The highest BCUT2D eigenvalue weighted by atomic mass is 32.2. The minimum atomic E-state index is -4.96. The molecule has 1 heterocycles. The number of halogens is 6. The van der Waals surface area contributed by atoms with E-state index in [-0.39, 0.29) is 22.7 Å². The minimum absolute atomic E-state index is 0.0339. The van der Waals surface area contributed by atoms with Crippen LogP contribution in [0.4, 0.5) is 32.2 Å². The Morgan fingerprint density at radius 3 is 2.31 bits per heavy atom. The zero-order chi connectivity index (χ0) is 23.9. The standard InChI is InChI=1S/C19H19F6N3O3S/c1-17(2,32(29,30)14-5-3-4-13(10-14)31-19(23,24)25)11-8-12(9-11)27-15-6-7-26-16(28-15)18(20,21)22/h3-7,10-12H,8-9H2,1-2H3,(H,26,27,28)/t11-,12-. The van der Waals surface area contributed by atoms with Crippen molar-refractivity contribution in [2.24, 2.45) is 5.92 Å². The van der Waals surface area contributed by atoms with Crippen molar-refractivity contribution in [3.05, 3.63) is 42.4 Å². The summed E-state index contributed by atoms with van der Waals surface area (Å²) in [4.78, 5) is 6.28. The van der Waals surface area contributed by atoms with Gasteiger partial charge in [0.05, 0.1) is 9.64 Å². The molecule has 1 aromatic carbocycles. The van der Waals surface area contributed by atoms with E-state index in [1.54, 1.807) is 0 Å². The van der Waals surface area contributed by atoms with Gasteiger partial charge in [-0.1, -0.05) is 6.07 Å². The summed E-state index contributed by atoms with van der Waals surface area (Å²) in [7, 11) is -4.05. The maximum Gasteiger partial charge on any atom is 0.573 e. The largest absolute Gasteiger partial charge is 0.573 e. The van der Waals surface area contributed by atoms with Crippen LogP contribution < -0.4 is 10.1 Å². The second-order valence-electron chi connectivity index (χ2n) is 7.90. The molecule has 6 nitrogen and oxygen atoms in total. The lowest BCUT2D eigenvalue weighted by Gasteiger charge is -2.45. The molecule has 1 aliphatic rings. The molecular weight excluding hydrogens is 464 g/mol. The van der Waals surface area contributed by atoms with Crippen LogP contribution in [0.25, 0.3) is 0 Å². The van der Waals surface area contributed by atoms with Crippen molar-refractivity contribution in [3.8, 4) is 5.75 Å². The van der Waals surface area contributed by atoms with Crippen LogP contribution in [0.3, 0.4) is 0 Å². The minimum Gasteiger partial charge on any atom is -0.406 e. The molecule has 3 rings (SSSR count). The Hall–Kier alpha value is -2.57. The Bertz CT molecular complexity index is 1080. The van der Waals surface area contributed by atoms with E-state index in [2.05, 4.69) is 20.0 Å². The molecule has 0 amide bonds. The summed E-state index contributed by atoms with van der Waals surface area (Å²) < 4.78 is 104. The van der Waals surface area contributed by atoms with E-state index in [0.29, 0.717) is 12.8 Å². The highest BCUT2D eigenvalue weighted by Crippen LogP contribution is 2.44. The molecule has 0 unspecified atom stereocenters. The predicted octanol–water partition coefficient (Wildman–Crippen LogP) is 4.84. The second kappa shape index (κ2) is 8.09. The van der Waals surface area contributed by atoms with Crippen LogP contribution in [-0.2, 0) is 16.0 Å². The Morgan fingerprint density at radius 1 is 1.06 bits per heavy atom. The number of rotatable bonds is 6. The number of nitrogens with zero attached hydrogens (tertiary/aromatic N) is 2. The summed E-state index contributed by atoms with van der Waals surface area (Å²) in [5.74, 6) is -2.36. The molecular formula is C19H19F6N3O3S. The SMILES string of the molecule is CC(C)([C@H]1C[C@H](Nc2ccnc(C(F)(F)F)n2)C1)S(=O)(=O)c1cccc(OC(F)(F)F)c1. The number of ether oxygens (including phenoxy) is 1. The third-order valence-corrected chi connectivity index (χ3v) is 8.02. The lowest BCUT2D eigenvalue weighted by molar-refractivity contribution is -0.274. The number of nitrogens with one attached hydrogen (secondary N) is 1. The topological polar surface area (TPSA) is 81.2 Å². The number of hydrogen-bond acceptors (Lipinski definition) is 6. The predicted molar refractivity (Wildman–Crippen MR) is 102 cm³/mol. The van der Waals surface area contributed by atoms with Gasteiger partial charge >= 0.3 is 12.5 Å². The van der Waals surface area contributed by atoms with Gasteiger partial charge in [0.2, 0.25) is 5.82 Å². The lowest BCUT2D eigenvalue weighted by Crippen LogP contribution is -2.50. The first-order valence-corrected chi connectivity index (χ1v) is 10.8. The van der Waals surface area contributed by atoms with Crippen LogP contribution in [0.5, 0.6) is 5.75 Å². The van der Waals surface area contributed by atoms with Crippen molar-refractivity contribution in [2.45, 2.75) is 54.9 Å². The Balaban J connectivity index is 1.70. The molecule has 13 heteroatoms. The van der Waals surface area contributed by atoms with Crippen molar-refractivity contribution in [3.63, 3.8) is 0 Å². The van der Waals surface area contributed by atoms with Crippen LogP contribution in [0, 0.1) is 5.92 Å². The fourth-order valence-corrected chi connectivity index (χ4v) is 5.22. The summed E-state index contributed by atoms with van der Waals surface area (Å²) in [6.45, 7) is 2.93. The molecule has 1 N–H and O–H groups in total. The molecule has 0 saturated heterocycles. The molecule has 0 spiro atoms. The van der Waals surface area contributed by atoms with Gasteiger partial charge in [-0.2, -0.15) is 13.2 Å². The first-order chi connectivity index (χ1) is 14.6. The number of aromatic nitrogens is 2. The molecule has 32 heavy (non-hydrogen) atoms. The van der Waals surface area contributed by atoms with Gasteiger partial charge in [-0.25, -0.2) is 18.4 Å². The van der Waals surface area contributed by atoms with Crippen molar-refractivity contribution < 1.29 is 39.5 Å². The van der Waals surface area contributed by atoms with Gasteiger partial charge in [0.25, 0.3) is 0 Å². The van der Waals surface area contributed by atoms with Crippen molar-refractivity contribution >= 4 is 15.7 Å². The summed E-state index contributed by atoms with van der Waals surface area (Å²) >= 11 is 0. The summed E-state index contributed by atoms with van der Waals surface area (Å²) in [6.07, 6.45) is -8.05. The molecule has 176 valence electrons. The van der Waals surface area contributed by atoms with Crippen LogP contribution in [0.2, 0.25) is 0 Å². The molecule has 2 aromatic rings. The average molecular weight is 483 g/mol.